The number of sulfonamides is 1. The maximum atomic E-state index is 12.8. The Kier molecular flexibility index (Phi) is 5.75. The molecule has 1 amide bonds. The topological polar surface area (TPSA) is 66.5 Å². The van der Waals surface area contributed by atoms with E-state index in [0.717, 1.165) is 30.6 Å². The van der Waals surface area contributed by atoms with Crippen LogP contribution in [0, 0.1) is 0 Å². The van der Waals surface area contributed by atoms with Gasteiger partial charge < -0.3 is 4.90 Å². The minimum Gasteiger partial charge on any atom is -0.310 e. The highest BCUT2D eigenvalue weighted by atomic mass is 32.2. The van der Waals surface area contributed by atoms with Gasteiger partial charge in [-0.15, -0.1) is 11.8 Å². The average Bonchev–Trinajstić information content (AvgIpc) is 2.81. The molecule has 1 atom stereocenters. The lowest BCUT2D eigenvalue weighted by Crippen LogP contribution is -2.37. The molecular formula is C18H26N2O3S2. The summed E-state index contributed by atoms with van der Waals surface area (Å²) < 4.78 is 28.5. The standard InChI is InChI=1S/C18H26N2O3S2/c1-13-12-20(14(2)21)17-11-16(9-10-18(17)24-13)25(22,23)19-15-7-5-3-4-6-8-15/h9-11,13,15,19H,3-8,12H2,1-2H3. The number of hydrogen-bond acceptors (Lipinski definition) is 4. The van der Waals surface area contributed by atoms with Gasteiger partial charge in [0.15, 0.2) is 0 Å². The largest absolute Gasteiger partial charge is 0.310 e. The highest BCUT2D eigenvalue weighted by molar-refractivity contribution is 8.00. The molecular weight excluding hydrogens is 356 g/mol. The Morgan fingerprint density at radius 2 is 1.88 bits per heavy atom. The van der Waals surface area contributed by atoms with Crippen LogP contribution in [0.5, 0.6) is 0 Å². The summed E-state index contributed by atoms with van der Waals surface area (Å²) in [5.41, 5.74) is 0.708. The molecule has 1 fully saturated rings. The summed E-state index contributed by atoms with van der Waals surface area (Å²) in [5, 5.41) is 0.294. The van der Waals surface area contributed by atoms with Crippen LogP contribution < -0.4 is 9.62 Å². The third-order valence-corrected chi connectivity index (χ3v) is 7.53. The minimum absolute atomic E-state index is 0.0156. The van der Waals surface area contributed by atoms with Gasteiger partial charge in [0.25, 0.3) is 0 Å². The van der Waals surface area contributed by atoms with Crippen LogP contribution in [-0.4, -0.2) is 32.2 Å². The molecule has 1 aliphatic carbocycles. The van der Waals surface area contributed by atoms with Crippen LogP contribution in [0.4, 0.5) is 5.69 Å². The van der Waals surface area contributed by atoms with Crippen LogP contribution in [-0.2, 0) is 14.8 Å². The van der Waals surface area contributed by atoms with Gasteiger partial charge in [-0.1, -0.05) is 32.6 Å². The van der Waals surface area contributed by atoms with Crippen LogP contribution in [0.2, 0.25) is 0 Å². The van der Waals surface area contributed by atoms with Crippen molar-refractivity contribution >= 4 is 33.4 Å². The Morgan fingerprint density at radius 3 is 2.52 bits per heavy atom. The molecule has 7 heteroatoms. The van der Waals surface area contributed by atoms with Gasteiger partial charge in [-0.2, -0.15) is 0 Å². The summed E-state index contributed by atoms with van der Waals surface area (Å²) in [6.45, 7) is 4.20. The maximum absolute atomic E-state index is 12.8. The summed E-state index contributed by atoms with van der Waals surface area (Å²) in [4.78, 5) is 14.9. The normalized spacial score (nSPS) is 22.3. The Bertz CT molecular complexity index is 741. The number of nitrogens with zero attached hydrogens (tertiary/aromatic N) is 1. The number of nitrogens with one attached hydrogen (secondary N) is 1. The molecule has 3 rings (SSSR count). The molecule has 25 heavy (non-hydrogen) atoms. The van der Waals surface area contributed by atoms with E-state index in [4.69, 9.17) is 0 Å². The molecule has 1 aliphatic heterocycles. The highest BCUT2D eigenvalue weighted by Gasteiger charge is 2.28. The average molecular weight is 383 g/mol. The molecule has 0 spiro atoms. The molecule has 1 aromatic rings. The van der Waals surface area contributed by atoms with E-state index in [1.165, 1.54) is 19.8 Å². The summed E-state index contributed by atoms with van der Waals surface area (Å²) in [6.07, 6.45) is 6.31. The Hall–Kier alpha value is -1.05. The number of hydrogen-bond donors (Lipinski definition) is 1. The second-order valence-electron chi connectivity index (χ2n) is 7.00. The molecule has 1 unspecified atom stereocenters. The van der Waals surface area contributed by atoms with Crippen LogP contribution in [0.15, 0.2) is 28.0 Å². The molecule has 0 radical (unpaired) electrons. The fraction of sp³-hybridized carbons (Fsp3) is 0.611. The van der Waals surface area contributed by atoms with Crippen molar-refractivity contribution < 1.29 is 13.2 Å². The zero-order valence-corrected chi connectivity index (χ0v) is 16.5. The monoisotopic (exact) mass is 382 g/mol. The quantitative estimate of drug-likeness (QED) is 0.812. The molecule has 2 aliphatic rings. The number of carbonyl (C=O) groups is 1. The van der Waals surface area contributed by atoms with Gasteiger partial charge >= 0.3 is 0 Å². The van der Waals surface area contributed by atoms with E-state index in [1.807, 2.05) is 6.07 Å². The predicted octanol–water partition coefficient (Wildman–Crippen LogP) is 3.53. The van der Waals surface area contributed by atoms with Gasteiger partial charge in [0.05, 0.1) is 10.6 Å². The fourth-order valence-electron chi connectivity index (χ4n) is 3.57. The smallest absolute Gasteiger partial charge is 0.240 e. The number of fused-ring (bicyclic) bond motifs is 1. The zero-order valence-electron chi connectivity index (χ0n) is 14.8. The van der Waals surface area contributed by atoms with Crippen LogP contribution in [0.3, 0.4) is 0 Å². The Morgan fingerprint density at radius 1 is 1.20 bits per heavy atom. The van der Waals surface area contributed by atoms with Crippen molar-refractivity contribution in [1.82, 2.24) is 4.72 Å². The zero-order chi connectivity index (χ0) is 18.0. The first-order valence-corrected chi connectivity index (χ1v) is 11.3. The van der Waals surface area contributed by atoms with Gasteiger partial charge in [-0.25, -0.2) is 13.1 Å². The molecule has 5 nitrogen and oxygen atoms in total. The Labute approximate surface area is 154 Å². The number of anilines is 1. The summed E-state index contributed by atoms with van der Waals surface area (Å²) in [6, 6.07) is 5.14. The van der Waals surface area contributed by atoms with Gasteiger partial charge in [0.2, 0.25) is 15.9 Å². The van der Waals surface area contributed by atoms with Gasteiger partial charge in [-0.3, -0.25) is 4.79 Å². The molecule has 0 aromatic heterocycles. The first-order chi connectivity index (χ1) is 11.9. The maximum Gasteiger partial charge on any atom is 0.240 e. The lowest BCUT2D eigenvalue weighted by Gasteiger charge is -2.32. The van der Waals surface area contributed by atoms with Crippen molar-refractivity contribution in [1.29, 1.82) is 0 Å². The van der Waals surface area contributed by atoms with Crippen LogP contribution in [0.1, 0.15) is 52.4 Å². The van der Waals surface area contributed by atoms with E-state index in [1.54, 1.807) is 28.8 Å². The van der Waals surface area contributed by atoms with Gasteiger partial charge in [-0.05, 0) is 31.0 Å². The van der Waals surface area contributed by atoms with E-state index in [2.05, 4.69) is 11.6 Å². The number of carbonyl (C=O) groups excluding carboxylic acids is 1. The number of thioether (sulfide) groups is 1. The molecule has 1 heterocycles. The molecule has 1 aromatic carbocycles. The molecule has 1 saturated carbocycles. The highest BCUT2D eigenvalue weighted by Crippen LogP contribution is 2.39. The number of benzene rings is 1. The third kappa shape index (κ3) is 4.38. The van der Waals surface area contributed by atoms with Crippen molar-refractivity contribution in [3.63, 3.8) is 0 Å². The first kappa shape index (κ1) is 18.7. The lowest BCUT2D eigenvalue weighted by molar-refractivity contribution is -0.116. The van der Waals surface area contributed by atoms with E-state index in [-0.39, 0.29) is 16.8 Å². The van der Waals surface area contributed by atoms with Crippen LogP contribution >= 0.6 is 11.8 Å². The van der Waals surface area contributed by atoms with E-state index in [9.17, 15) is 13.2 Å². The Balaban J connectivity index is 1.87. The van der Waals surface area contributed by atoms with Crippen molar-refractivity contribution in [3.05, 3.63) is 18.2 Å². The summed E-state index contributed by atoms with van der Waals surface area (Å²) in [5.74, 6) is -0.0559. The van der Waals surface area contributed by atoms with E-state index >= 15 is 0 Å². The van der Waals surface area contributed by atoms with Crippen molar-refractivity contribution in [2.45, 2.75) is 73.5 Å². The fourth-order valence-corrected chi connectivity index (χ4v) is 5.99. The van der Waals surface area contributed by atoms with Crippen molar-refractivity contribution in [2.75, 3.05) is 11.4 Å². The molecule has 0 bridgehead atoms. The summed E-state index contributed by atoms with van der Waals surface area (Å²) in [7, 11) is -3.57. The predicted molar refractivity (Wildman–Crippen MR) is 102 cm³/mol. The minimum atomic E-state index is -3.57. The van der Waals surface area contributed by atoms with Gasteiger partial charge in [0, 0.05) is 29.7 Å². The second kappa shape index (κ2) is 7.68. The molecule has 138 valence electrons. The van der Waals surface area contributed by atoms with Crippen LogP contribution in [0.25, 0.3) is 0 Å². The number of amides is 1. The third-order valence-electron chi connectivity index (χ3n) is 4.86. The SMILES string of the molecule is CC(=O)N1CC(C)Sc2ccc(S(=O)(=O)NC3CCCCCC3)cc21. The van der Waals surface area contributed by atoms with E-state index < -0.39 is 10.0 Å². The number of rotatable bonds is 3. The summed E-state index contributed by atoms with van der Waals surface area (Å²) >= 11 is 1.68. The van der Waals surface area contributed by atoms with Crippen molar-refractivity contribution in [3.8, 4) is 0 Å². The van der Waals surface area contributed by atoms with E-state index in [0.29, 0.717) is 17.5 Å². The first-order valence-electron chi connectivity index (χ1n) is 8.98. The molecule has 1 N–H and O–H groups in total. The second-order valence-corrected chi connectivity index (χ2v) is 10.2. The molecule has 0 saturated heterocycles. The van der Waals surface area contributed by atoms with Crippen molar-refractivity contribution in [2.24, 2.45) is 0 Å². The van der Waals surface area contributed by atoms with Gasteiger partial charge in [0.1, 0.15) is 0 Å². The lowest BCUT2D eigenvalue weighted by atomic mass is 10.1.